The molecule has 0 aliphatic carbocycles. The highest BCUT2D eigenvalue weighted by molar-refractivity contribution is 5.87. The van der Waals surface area contributed by atoms with Crippen LogP contribution in [-0.2, 0) is 0 Å². The number of rotatable bonds is 3. The average molecular weight is 284 g/mol. The Hall–Kier alpha value is -2.89. The molecule has 1 aromatic carbocycles. The van der Waals surface area contributed by atoms with Crippen LogP contribution in [0.5, 0.6) is 5.75 Å². The number of anilines is 1. The van der Waals surface area contributed by atoms with Crippen molar-refractivity contribution in [2.24, 2.45) is 0 Å². The van der Waals surface area contributed by atoms with Crippen LogP contribution < -0.4 is 10.5 Å². The molecule has 0 fully saturated rings. The van der Waals surface area contributed by atoms with Gasteiger partial charge in [-0.2, -0.15) is 5.10 Å². The number of hydrogen-bond donors (Lipinski definition) is 2. The third-order valence-corrected chi connectivity index (χ3v) is 3.18. The minimum Gasteiger partial charge on any atom is -0.494 e. The highest BCUT2D eigenvalue weighted by atomic mass is 19.1. The number of hydrogen-bond acceptors (Lipinski definition) is 4. The Kier molecular flexibility index (Phi) is 3.27. The van der Waals surface area contributed by atoms with E-state index < -0.39 is 5.82 Å². The molecule has 5 nitrogen and oxygen atoms in total. The Morgan fingerprint density at radius 3 is 2.81 bits per heavy atom. The summed E-state index contributed by atoms with van der Waals surface area (Å²) in [4.78, 5) is 4.08. The van der Waals surface area contributed by atoms with E-state index in [4.69, 9.17) is 10.5 Å². The first-order valence-electron chi connectivity index (χ1n) is 6.29. The van der Waals surface area contributed by atoms with Gasteiger partial charge in [0, 0.05) is 23.5 Å². The monoisotopic (exact) mass is 284 g/mol. The van der Waals surface area contributed by atoms with E-state index in [1.165, 1.54) is 13.2 Å². The minimum absolute atomic E-state index is 0.165. The van der Waals surface area contributed by atoms with Crippen molar-refractivity contribution >= 4 is 5.82 Å². The largest absolute Gasteiger partial charge is 0.494 e. The first kappa shape index (κ1) is 13.1. The number of benzene rings is 1. The molecule has 0 saturated carbocycles. The quantitative estimate of drug-likeness (QED) is 0.775. The highest BCUT2D eigenvalue weighted by Gasteiger charge is 2.16. The lowest BCUT2D eigenvalue weighted by atomic mass is 10.0. The van der Waals surface area contributed by atoms with Crippen molar-refractivity contribution < 1.29 is 9.13 Å². The molecule has 0 aliphatic heterocycles. The molecule has 0 unspecified atom stereocenters. The molecule has 3 rings (SSSR count). The van der Waals surface area contributed by atoms with Gasteiger partial charge in [0.25, 0.3) is 0 Å². The lowest BCUT2D eigenvalue weighted by Crippen LogP contribution is -1.91. The van der Waals surface area contributed by atoms with Crippen LogP contribution in [0.4, 0.5) is 10.2 Å². The number of aromatic nitrogens is 3. The van der Waals surface area contributed by atoms with Crippen LogP contribution >= 0.6 is 0 Å². The molecule has 0 saturated heterocycles. The van der Waals surface area contributed by atoms with Crippen molar-refractivity contribution in [2.75, 3.05) is 12.8 Å². The topological polar surface area (TPSA) is 76.8 Å². The molecule has 6 heteroatoms. The van der Waals surface area contributed by atoms with Gasteiger partial charge in [-0.15, -0.1) is 0 Å². The molecule has 21 heavy (non-hydrogen) atoms. The standard InChI is InChI=1S/C15H13FN4O/c1-21-12-7-9(4-5-11(12)16)14-13(15(17)20-19-14)10-3-2-6-18-8-10/h2-8H,1H3,(H3,17,19,20). The molecule has 3 N–H and O–H groups in total. The maximum Gasteiger partial charge on any atom is 0.165 e. The zero-order valence-electron chi connectivity index (χ0n) is 11.3. The third kappa shape index (κ3) is 2.31. The fourth-order valence-electron chi connectivity index (χ4n) is 2.18. The maximum atomic E-state index is 13.5. The van der Waals surface area contributed by atoms with Gasteiger partial charge in [-0.1, -0.05) is 6.07 Å². The van der Waals surface area contributed by atoms with Crippen LogP contribution in [0, 0.1) is 5.82 Å². The fraction of sp³-hybridized carbons (Fsp3) is 0.0667. The molecule has 0 radical (unpaired) electrons. The number of nitrogens with two attached hydrogens (primary N) is 1. The summed E-state index contributed by atoms with van der Waals surface area (Å²) in [7, 11) is 1.42. The number of H-pyrrole nitrogens is 1. The smallest absolute Gasteiger partial charge is 0.165 e. The van der Waals surface area contributed by atoms with Gasteiger partial charge in [-0.25, -0.2) is 4.39 Å². The second kappa shape index (κ2) is 5.24. The van der Waals surface area contributed by atoms with Gasteiger partial charge >= 0.3 is 0 Å². The summed E-state index contributed by atoms with van der Waals surface area (Å²) >= 11 is 0. The van der Waals surface area contributed by atoms with Gasteiger partial charge in [0.2, 0.25) is 0 Å². The zero-order valence-corrected chi connectivity index (χ0v) is 11.3. The molecule has 3 aromatic rings. The van der Waals surface area contributed by atoms with Gasteiger partial charge in [-0.3, -0.25) is 10.1 Å². The van der Waals surface area contributed by atoms with Crippen molar-refractivity contribution in [1.29, 1.82) is 0 Å². The van der Waals surface area contributed by atoms with Crippen LogP contribution in [0.2, 0.25) is 0 Å². The molecule has 2 heterocycles. The summed E-state index contributed by atoms with van der Waals surface area (Å²) in [6.07, 6.45) is 3.38. The maximum absolute atomic E-state index is 13.5. The van der Waals surface area contributed by atoms with E-state index >= 15 is 0 Å². The summed E-state index contributed by atoms with van der Waals surface area (Å²) in [5.41, 5.74) is 8.93. The normalized spacial score (nSPS) is 10.6. The van der Waals surface area contributed by atoms with E-state index in [-0.39, 0.29) is 5.75 Å². The molecule has 0 bridgehead atoms. The van der Waals surface area contributed by atoms with Gasteiger partial charge in [0.05, 0.1) is 18.4 Å². The van der Waals surface area contributed by atoms with E-state index in [0.717, 1.165) is 16.7 Å². The first-order chi connectivity index (χ1) is 10.2. The minimum atomic E-state index is -0.420. The second-order valence-corrected chi connectivity index (χ2v) is 4.45. The Bertz CT molecular complexity index is 771. The lowest BCUT2D eigenvalue weighted by Gasteiger charge is -2.07. The zero-order chi connectivity index (χ0) is 14.8. The number of ether oxygens (including phenoxy) is 1. The Morgan fingerprint density at radius 2 is 2.10 bits per heavy atom. The van der Waals surface area contributed by atoms with E-state index in [9.17, 15) is 4.39 Å². The van der Waals surface area contributed by atoms with Crippen molar-refractivity contribution in [3.05, 3.63) is 48.5 Å². The summed E-state index contributed by atoms with van der Waals surface area (Å²) in [5, 5.41) is 6.92. The SMILES string of the molecule is COc1cc(-c2[nH]nc(N)c2-c2cccnc2)ccc1F. The number of aromatic amines is 1. The molecule has 0 aliphatic rings. The number of halogens is 1. The van der Waals surface area contributed by atoms with E-state index in [2.05, 4.69) is 15.2 Å². The lowest BCUT2D eigenvalue weighted by molar-refractivity contribution is 0.387. The van der Waals surface area contributed by atoms with Gasteiger partial charge in [0.15, 0.2) is 17.4 Å². The number of nitrogens with zero attached hydrogens (tertiary/aromatic N) is 2. The highest BCUT2D eigenvalue weighted by Crippen LogP contribution is 2.35. The van der Waals surface area contributed by atoms with Crippen LogP contribution in [0.15, 0.2) is 42.7 Å². The van der Waals surface area contributed by atoms with Crippen molar-refractivity contribution in [3.63, 3.8) is 0 Å². The second-order valence-electron chi connectivity index (χ2n) is 4.45. The van der Waals surface area contributed by atoms with Crippen LogP contribution in [0.25, 0.3) is 22.4 Å². The number of nitrogen functional groups attached to an aromatic ring is 1. The number of pyridine rings is 1. The van der Waals surface area contributed by atoms with Crippen LogP contribution in [-0.4, -0.2) is 22.3 Å². The molecule has 0 spiro atoms. The molecular formula is C15H13FN4O. The van der Waals surface area contributed by atoms with Crippen molar-refractivity contribution in [3.8, 4) is 28.1 Å². The average Bonchev–Trinajstić information content (AvgIpc) is 2.90. The fourth-order valence-corrected chi connectivity index (χ4v) is 2.18. The molecular weight excluding hydrogens is 271 g/mol. The third-order valence-electron chi connectivity index (χ3n) is 3.18. The van der Waals surface area contributed by atoms with Gasteiger partial charge in [-0.05, 0) is 24.3 Å². The van der Waals surface area contributed by atoms with E-state index in [0.29, 0.717) is 11.5 Å². The van der Waals surface area contributed by atoms with E-state index in [1.54, 1.807) is 24.5 Å². The Labute approximate surface area is 120 Å². The summed E-state index contributed by atoms with van der Waals surface area (Å²) in [6.45, 7) is 0. The Morgan fingerprint density at radius 1 is 1.24 bits per heavy atom. The predicted octanol–water partition coefficient (Wildman–Crippen LogP) is 2.87. The summed E-state index contributed by atoms with van der Waals surface area (Å²) < 4.78 is 18.5. The van der Waals surface area contributed by atoms with Crippen molar-refractivity contribution in [2.45, 2.75) is 0 Å². The summed E-state index contributed by atoms with van der Waals surface area (Å²) in [5.74, 6) is 0.107. The molecule has 2 aromatic heterocycles. The van der Waals surface area contributed by atoms with Crippen LogP contribution in [0.1, 0.15) is 0 Å². The first-order valence-corrected chi connectivity index (χ1v) is 6.29. The number of methoxy groups -OCH3 is 1. The van der Waals surface area contributed by atoms with Crippen molar-refractivity contribution in [1.82, 2.24) is 15.2 Å². The molecule has 106 valence electrons. The number of nitrogens with one attached hydrogen (secondary N) is 1. The molecule has 0 amide bonds. The van der Waals surface area contributed by atoms with Crippen LogP contribution in [0.3, 0.4) is 0 Å². The Balaban J connectivity index is 2.17. The molecule has 0 atom stereocenters. The van der Waals surface area contributed by atoms with E-state index in [1.807, 2.05) is 12.1 Å². The van der Waals surface area contributed by atoms with Gasteiger partial charge in [0.1, 0.15) is 0 Å². The van der Waals surface area contributed by atoms with Gasteiger partial charge < -0.3 is 10.5 Å². The predicted molar refractivity (Wildman–Crippen MR) is 78.2 cm³/mol. The summed E-state index contributed by atoms with van der Waals surface area (Å²) in [6, 6.07) is 8.29.